The molecule has 0 fully saturated rings. The van der Waals surface area contributed by atoms with Gasteiger partial charge in [-0.1, -0.05) is 31.2 Å². The molecule has 2 aromatic carbocycles. The van der Waals surface area contributed by atoms with Gasteiger partial charge in [0.15, 0.2) is 11.5 Å². The van der Waals surface area contributed by atoms with Gasteiger partial charge in [-0.3, -0.25) is 4.79 Å². The van der Waals surface area contributed by atoms with Gasteiger partial charge < -0.3 is 20.5 Å². The second-order valence-electron chi connectivity index (χ2n) is 5.72. The van der Waals surface area contributed by atoms with Gasteiger partial charge in [-0.25, -0.2) is 0 Å². The molecule has 1 atom stereocenters. The topological polar surface area (TPSA) is 73.6 Å². The summed E-state index contributed by atoms with van der Waals surface area (Å²) in [5.41, 5.74) is 6.54. The quantitative estimate of drug-likeness (QED) is 0.781. The van der Waals surface area contributed by atoms with Crippen LogP contribution in [0.5, 0.6) is 17.2 Å². The number of methoxy groups -OCH3 is 1. The molecule has 2 rings (SSSR count). The van der Waals surface area contributed by atoms with Gasteiger partial charge in [0.05, 0.1) is 7.11 Å². The Hall–Kier alpha value is -2.53. The molecule has 0 spiro atoms. The summed E-state index contributed by atoms with van der Waals surface area (Å²) < 4.78 is 11.1. The van der Waals surface area contributed by atoms with E-state index < -0.39 is 0 Å². The van der Waals surface area contributed by atoms with E-state index in [4.69, 9.17) is 15.2 Å². The third-order valence-corrected chi connectivity index (χ3v) is 3.65. The molecule has 128 valence electrons. The highest BCUT2D eigenvalue weighted by molar-refractivity contribution is 5.76. The summed E-state index contributed by atoms with van der Waals surface area (Å²) in [7, 11) is 1.61. The maximum atomic E-state index is 11.8. The lowest BCUT2D eigenvalue weighted by Crippen LogP contribution is -2.26. The molecule has 0 saturated heterocycles. The van der Waals surface area contributed by atoms with Crippen LogP contribution in [0, 0.1) is 5.92 Å². The largest absolute Gasteiger partial charge is 0.493 e. The standard InChI is InChI=1S/C19H24N2O3/c1-14(12-20)11-19(22)21-13-15-7-9-16(10-8-15)24-18-6-4-3-5-17(18)23-2/h3-10,14H,11-13,20H2,1-2H3,(H,21,22)/t14-/m0/s1. The number of carbonyl (C=O) groups is 1. The number of para-hydroxylation sites is 2. The average molecular weight is 328 g/mol. The molecule has 0 aliphatic heterocycles. The summed E-state index contributed by atoms with van der Waals surface area (Å²) >= 11 is 0. The summed E-state index contributed by atoms with van der Waals surface area (Å²) in [5.74, 6) is 2.27. The van der Waals surface area contributed by atoms with Crippen molar-refractivity contribution in [1.29, 1.82) is 0 Å². The van der Waals surface area contributed by atoms with Crippen molar-refractivity contribution in [3.8, 4) is 17.2 Å². The third kappa shape index (κ3) is 5.28. The Kier molecular flexibility index (Phi) is 6.63. The molecule has 0 aromatic heterocycles. The molecule has 0 saturated carbocycles. The fraction of sp³-hybridized carbons (Fsp3) is 0.316. The highest BCUT2D eigenvalue weighted by Crippen LogP contribution is 2.30. The van der Waals surface area contributed by atoms with Gasteiger partial charge in [0.1, 0.15) is 5.75 Å². The number of carbonyl (C=O) groups excluding carboxylic acids is 1. The fourth-order valence-corrected chi connectivity index (χ4v) is 2.18. The van der Waals surface area contributed by atoms with Crippen molar-refractivity contribution in [2.75, 3.05) is 13.7 Å². The highest BCUT2D eigenvalue weighted by atomic mass is 16.5. The van der Waals surface area contributed by atoms with Crippen LogP contribution in [0.2, 0.25) is 0 Å². The molecule has 0 unspecified atom stereocenters. The number of rotatable bonds is 8. The van der Waals surface area contributed by atoms with E-state index in [1.807, 2.05) is 55.5 Å². The Labute approximate surface area is 142 Å². The highest BCUT2D eigenvalue weighted by Gasteiger charge is 2.07. The summed E-state index contributed by atoms with van der Waals surface area (Å²) in [6.07, 6.45) is 0.450. The van der Waals surface area contributed by atoms with Gasteiger partial charge in [-0.05, 0) is 42.3 Å². The van der Waals surface area contributed by atoms with Crippen molar-refractivity contribution in [3.05, 3.63) is 54.1 Å². The van der Waals surface area contributed by atoms with Gasteiger partial charge >= 0.3 is 0 Å². The minimum Gasteiger partial charge on any atom is -0.493 e. The van der Waals surface area contributed by atoms with Crippen molar-refractivity contribution in [2.24, 2.45) is 11.7 Å². The Morgan fingerprint density at radius 2 is 1.79 bits per heavy atom. The molecule has 0 bridgehead atoms. The summed E-state index contributed by atoms with van der Waals surface area (Å²) in [6, 6.07) is 15.1. The summed E-state index contributed by atoms with van der Waals surface area (Å²) in [6.45, 7) is 2.97. The van der Waals surface area contributed by atoms with Crippen LogP contribution in [0.4, 0.5) is 0 Å². The third-order valence-electron chi connectivity index (χ3n) is 3.65. The van der Waals surface area contributed by atoms with Gasteiger partial charge in [0.25, 0.3) is 0 Å². The first-order chi connectivity index (χ1) is 11.6. The predicted molar refractivity (Wildman–Crippen MR) is 94.2 cm³/mol. The molecule has 0 aliphatic carbocycles. The molecule has 1 amide bonds. The lowest BCUT2D eigenvalue weighted by atomic mass is 10.1. The summed E-state index contributed by atoms with van der Waals surface area (Å²) in [5, 5.41) is 2.90. The van der Waals surface area contributed by atoms with Gasteiger partial charge in [-0.15, -0.1) is 0 Å². The number of benzene rings is 2. The number of nitrogens with one attached hydrogen (secondary N) is 1. The Morgan fingerprint density at radius 1 is 1.12 bits per heavy atom. The van der Waals surface area contributed by atoms with Crippen LogP contribution >= 0.6 is 0 Å². The van der Waals surface area contributed by atoms with E-state index in [1.165, 1.54) is 0 Å². The van der Waals surface area contributed by atoms with E-state index >= 15 is 0 Å². The molecular formula is C19H24N2O3. The number of amides is 1. The number of ether oxygens (including phenoxy) is 2. The lowest BCUT2D eigenvalue weighted by Gasteiger charge is -2.11. The first-order valence-electron chi connectivity index (χ1n) is 7.99. The second-order valence-corrected chi connectivity index (χ2v) is 5.72. The molecular weight excluding hydrogens is 304 g/mol. The van der Waals surface area contributed by atoms with Crippen LogP contribution in [-0.2, 0) is 11.3 Å². The molecule has 2 aromatic rings. The number of hydrogen-bond donors (Lipinski definition) is 2. The van der Waals surface area contributed by atoms with Crippen LogP contribution in [0.1, 0.15) is 18.9 Å². The Balaban J connectivity index is 1.90. The van der Waals surface area contributed by atoms with E-state index in [0.717, 1.165) is 5.56 Å². The van der Waals surface area contributed by atoms with Crippen LogP contribution in [-0.4, -0.2) is 19.6 Å². The monoisotopic (exact) mass is 328 g/mol. The summed E-state index contributed by atoms with van der Waals surface area (Å²) in [4.78, 5) is 11.8. The van der Waals surface area contributed by atoms with Crippen molar-refractivity contribution < 1.29 is 14.3 Å². The van der Waals surface area contributed by atoms with Crippen molar-refractivity contribution in [2.45, 2.75) is 19.9 Å². The smallest absolute Gasteiger partial charge is 0.220 e. The first kappa shape index (κ1) is 17.8. The zero-order valence-electron chi connectivity index (χ0n) is 14.1. The van der Waals surface area contributed by atoms with E-state index in [0.29, 0.717) is 36.8 Å². The zero-order valence-corrected chi connectivity index (χ0v) is 14.1. The minimum atomic E-state index is 0.0160. The normalized spacial score (nSPS) is 11.6. The first-order valence-corrected chi connectivity index (χ1v) is 7.99. The van der Waals surface area contributed by atoms with Crippen LogP contribution in [0.3, 0.4) is 0 Å². The Bertz CT molecular complexity index is 656. The number of nitrogens with two attached hydrogens (primary N) is 1. The zero-order chi connectivity index (χ0) is 17.4. The molecule has 5 nitrogen and oxygen atoms in total. The Morgan fingerprint density at radius 3 is 2.42 bits per heavy atom. The minimum absolute atomic E-state index is 0.0160. The molecule has 5 heteroatoms. The molecule has 24 heavy (non-hydrogen) atoms. The molecule has 3 N–H and O–H groups in total. The predicted octanol–water partition coefficient (Wildman–Crippen LogP) is 3.09. The van der Waals surface area contributed by atoms with Gasteiger partial charge in [0, 0.05) is 13.0 Å². The molecule has 0 heterocycles. The van der Waals surface area contributed by atoms with Crippen molar-refractivity contribution in [3.63, 3.8) is 0 Å². The number of hydrogen-bond acceptors (Lipinski definition) is 4. The fourth-order valence-electron chi connectivity index (χ4n) is 2.18. The van der Waals surface area contributed by atoms with Crippen LogP contribution in [0.15, 0.2) is 48.5 Å². The second kappa shape index (κ2) is 8.93. The SMILES string of the molecule is COc1ccccc1Oc1ccc(CNC(=O)C[C@H](C)CN)cc1. The maximum absolute atomic E-state index is 11.8. The van der Waals surface area contributed by atoms with Crippen molar-refractivity contribution in [1.82, 2.24) is 5.32 Å². The average Bonchev–Trinajstić information content (AvgIpc) is 2.61. The van der Waals surface area contributed by atoms with E-state index in [-0.39, 0.29) is 11.8 Å². The van der Waals surface area contributed by atoms with E-state index in [2.05, 4.69) is 5.32 Å². The van der Waals surface area contributed by atoms with Crippen LogP contribution in [0.25, 0.3) is 0 Å². The van der Waals surface area contributed by atoms with Crippen LogP contribution < -0.4 is 20.5 Å². The van der Waals surface area contributed by atoms with Crippen molar-refractivity contribution >= 4 is 5.91 Å². The van der Waals surface area contributed by atoms with Gasteiger partial charge in [0.2, 0.25) is 5.91 Å². The molecule has 0 radical (unpaired) electrons. The van der Waals surface area contributed by atoms with E-state index in [1.54, 1.807) is 7.11 Å². The van der Waals surface area contributed by atoms with E-state index in [9.17, 15) is 4.79 Å². The maximum Gasteiger partial charge on any atom is 0.220 e. The lowest BCUT2D eigenvalue weighted by molar-refractivity contribution is -0.122. The molecule has 0 aliphatic rings. The van der Waals surface area contributed by atoms with Gasteiger partial charge in [-0.2, -0.15) is 0 Å².